The molecule has 150 valence electrons. The number of aromatic nitrogens is 2. The number of carbonyl (C=O) groups is 1. The maximum Gasteiger partial charge on any atom is 0.293 e. The van der Waals surface area contributed by atoms with E-state index in [0.717, 1.165) is 28.5 Å². The molecule has 29 heavy (non-hydrogen) atoms. The van der Waals surface area contributed by atoms with Crippen molar-refractivity contribution in [1.82, 2.24) is 10.2 Å². The molecule has 0 spiro atoms. The van der Waals surface area contributed by atoms with Crippen LogP contribution in [-0.2, 0) is 4.79 Å². The van der Waals surface area contributed by atoms with Crippen molar-refractivity contribution >= 4 is 29.0 Å². The van der Waals surface area contributed by atoms with Gasteiger partial charge >= 0.3 is 0 Å². The lowest BCUT2D eigenvalue weighted by Crippen LogP contribution is -2.15. The standard InChI is InChI=1S/C19H18N4O5S/c1-11-8-15(16(23(25)26)9-12(11)2)20-17(24)10-29-19-22-21-18(28-19)13-4-6-14(27-3)7-5-13/h4-9H,10H2,1-3H3,(H,20,24). The topological polar surface area (TPSA) is 120 Å². The third kappa shape index (κ3) is 4.91. The van der Waals surface area contributed by atoms with Crippen LogP contribution < -0.4 is 10.1 Å². The van der Waals surface area contributed by atoms with Gasteiger partial charge in [-0.25, -0.2) is 0 Å². The summed E-state index contributed by atoms with van der Waals surface area (Å²) in [4.78, 5) is 23.0. The molecule has 1 N–H and O–H groups in total. The van der Waals surface area contributed by atoms with Crippen molar-refractivity contribution in [1.29, 1.82) is 0 Å². The highest BCUT2D eigenvalue weighted by molar-refractivity contribution is 7.99. The van der Waals surface area contributed by atoms with Crippen molar-refractivity contribution in [3.05, 3.63) is 57.6 Å². The fourth-order valence-electron chi connectivity index (χ4n) is 2.48. The fraction of sp³-hybridized carbons (Fsp3) is 0.211. The molecule has 2 aromatic carbocycles. The first-order valence-electron chi connectivity index (χ1n) is 8.53. The number of thioether (sulfide) groups is 1. The van der Waals surface area contributed by atoms with Crippen LogP contribution in [0.3, 0.4) is 0 Å². The van der Waals surface area contributed by atoms with Gasteiger partial charge in [0.2, 0.25) is 11.8 Å². The number of amides is 1. The zero-order valence-corrected chi connectivity index (χ0v) is 16.8. The highest BCUT2D eigenvalue weighted by Gasteiger charge is 2.18. The molecular weight excluding hydrogens is 396 g/mol. The molecule has 0 aliphatic rings. The number of anilines is 1. The Hall–Kier alpha value is -3.40. The van der Waals surface area contributed by atoms with E-state index in [4.69, 9.17) is 9.15 Å². The van der Waals surface area contributed by atoms with Crippen molar-refractivity contribution < 1.29 is 18.9 Å². The highest BCUT2D eigenvalue weighted by atomic mass is 32.2. The molecule has 0 saturated carbocycles. The minimum absolute atomic E-state index is 0.0334. The fourth-order valence-corrected chi connectivity index (χ4v) is 3.05. The summed E-state index contributed by atoms with van der Waals surface area (Å²) >= 11 is 1.05. The van der Waals surface area contributed by atoms with E-state index in [0.29, 0.717) is 11.6 Å². The predicted molar refractivity (Wildman–Crippen MR) is 108 cm³/mol. The van der Waals surface area contributed by atoms with Gasteiger partial charge in [-0.05, 0) is 55.3 Å². The van der Waals surface area contributed by atoms with Crippen LogP contribution in [0.2, 0.25) is 0 Å². The monoisotopic (exact) mass is 414 g/mol. The second-order valence-corrected chi connectivity index (χ2v) is 7.08. The number of methoxy groups -OCH3 is 1. The number of hydrogen-bond acceptors (Lipinski definition) is 8. The Bertz CT molecular complexity index is 1050. The van der Waals surface area contributed by atoms with Crippen molar-refractivity contribution in [3.8, 4) is 17.2 Å². The minimum Gasteiger partial charge on any atom is -0.497 e. The Labute approximate surface area is 170 Å². The van der Waals surface area contributed by atoms with Crippen LogP contribution in [0.15, 0.2) is 46.0 Å². The zero-order valence-electron chi connectivity index (χ0n) is 16.0. The Morgan fingerprint density at radius 1 is 1.21 bits per heavy atom. The molecule has 0 bridgehead atoms. The summed E-state index contributed by atoms with van der Waals surface area (Å²) in [7, 11) is 1.58. The normalized spacial score (nSPS) is 10.6. The number of benzene rings is 2. The number of carbonyl (C=O) groups excluding carboxylic acids is 1. The van der Waals surface area contributed by atoms with Gasteiger partial charge in [0.25, 0.3) is 10.9 Å². The highest BCUT2D eigenvalue weighted by Crippen LogP contribution is 2.29. The summed E-state index contributed by atoms with van der Waals surface area (Å²) in [5.74, 6) is 0.583. The average molecular weight is 414 g/mol. The van der Waals surface area contributed by atoms with Crippen LogP contribution in [0.5, 0.6) is 5.75 Å². The van der Waals surface area contributed by atoms with Crippen LogP contribution in [0, 0.1) is 24.0 Å². The molecule has 3 aromatic rings. The molecule has 0 radical (unpaired) electrons. The molecule has 10 heteroatoms. The van der Waals surface area contributed by atoms with Crippen LogP contribution in [0.25, 0.3) is 11.5 Å². The molecular formula is C19H18N4O5S. The third-order valence-electron chi connectivity index (χ3n) is 4.15. The van der Waals surface area contributed by atoms with Crippen molar-refractivity contribution in [2.45, 2.75) is 19.1 Å². The second-order valence-electron chi connectivity index (χ2n) is 6.15. The van der Waals surface area contributed by atoms with Crippen molar-refractivity contribution in [2.75, 3.05) is 18.2 Å². The number of ether oxygens (including phenoxy) is 1. The van der Waals surface area contributed by atoms with E-state index in [1.54, 1.807) is 44.4 Å². The average Bonchev–Trinajstić information content (AvgIpc) is 3.18. The lowest BCUT2D eigenvalue weighted by atomic mass is 10.1. The van der Waals surface area contributed by atoms with Gasteiger partial charge in [0, 0.05) is 11.6 Å². The molecule has 0 atom stereocenters. The van der Waals surface area contributed by atoms with Gasteiger partial charge in [-0.2, -0.15) is 0 Å². The predicted octanol–water partition coefficient (Wildman–Crippen LogP) is 4.00. The van der Waals surface area contributed by atoms with Crippen LogP contribution >= 0.6 is 11.8 Å². The molecule has 1 heterocycles. The van der Waals surface area contributed by atoms with Crippen molar-refractivity contribution in [3.63, 3.8) is 0 Å². The Morgan fingerprint density at radius 3 is 2.55 bits per heavy atom. The second kappa shape index (κ2) is 8.74. The summed E-state index contributed by atoms with van der Waals surface area (Å²) in [5, 5.41) is 21.9. The molecule has 0 aliphatic heterocycles. The maximum atomic E-state index is 12.2. The number of nitro groups is 1. The smallest absolute Gasteiger partial charge is 0.293 e. The van der Waals surface area contributed by atoms with Gasteiger partial charge in [0.15, 0.2) is 0 Å². The quantitative estimate of drug-likeness (QED) is 0.350. The SMILES string of the molecule is COc1ccc(-c2nnc(SCC(=O)Nc3cc(C)c(C)cc3[N+](=O)[O-])o2)cc1. The van der Waals surface area contributed by atoms with Crippen LogP contribution in [0.1, 0.15) is 11.1 Å². The number of nitro benzene ring substituents is 1. The lowest BCUT2D eigenvalue weighted by molar-refractivity contribution is -0.384. The molecule has 0 unspecified atom stereocenters. The summed E-state index contributed by atoms with van der Waals surface area (Å²) in [5.41, 5.74) is 2.36. The summed E-state index contributed by atoms with van der Waals surface area (Å²) in [6.45, 7) is 3.60. The number of rotatable bonds is 7. The zero-order chi connectivity index (χ0) is 21.0. The van der Waals surface area contributed by atoms with E-state index >= 15 is 0 Å². The molecule has 1 amide bonds. The van der Waals surface area contributed by atoms with E-state index < -0.39 is 10.8 Å². The summed E-state index contributed by atoms with van der Waals surface area (Å²) in [6, 6.07) is 10.1. The first kappa shape index (κ1) is 20.3. The molecule has 3 rings (SSSR count). The Kier molecular flexibility index (Phi) is 6.13. The summed E-state index contributed by atoms with van der Waals surface area (Å²) < 4.78 is 10.7. The third-order valence-corrected chi connectivity index (χ3v) is 4.97. The Morgan fingerprint density at radius 2 is 1.90 bits per heavy atom. The van der Waals surface area contributed by atoms with E-state index in [-0.39, 0.29) is 22.4 Å². The van der Waals surface area contributed by atoms with E-state index in [1.165, 1.54) is 6.07 Å². The van der Waals surface area contributed by atoms with Gasteiger partial charge in [0.05, 0.1) is 17.8 Å². The lowest BCUT2D eigenvalue weighted by Gasteiger charge is -2.08. The molecule has 0 fully saturated rings. The molecule has 0 aliphatic carbocycles. The number of aryl methyl sites for hydroxylation is 2. The van der Waals surface area contributed by atoms with Crippen LogP contribution in [0.4, 0.5) is 11.4 Å². The number of hydrogen-bond donors (Lipinski definition) is 1. The minimum atomic E-state index is -0.520. The summed E-state index contributed by atoms with van der Waals surface area (Å²) in [6.07, 6.45) is 0. The van der Waals surface area contributed by atoms with Gasteiger partial charge in [-0.15, -0.1) is 10.2 Å². The largest absolute Gasteiger partial charge is 0.497 e. The van der Waals surface area contributed by atoms with E-state index in [9.17, 15) is 14.9 Å². The number of nitrogens with one attached hydrogen (secondary N) is 1. The molecule has 9 nitrogen and oxygen atoms in total. The van der Waals surface area contributed by atoms with Gasteiger partial charge in [-0.3, -0.25) is 14.9 Å². The maximum absolute atomic E-state index is 12.2. The first-order chi connectivity index (χ1) is 13.9. The van der Waals surface area contributed by atoms with Gasteiger partial charge < -0.3 is 14.5 Å². The van der Waals surface area contributed by atoms with E-state index in [1.807, 2.05) is 6.92 Å². The van der Waals surface area contributed by atoms with Crippen molar-refractivity contribution in [2.24, 2.45) is 0 Å². The van der Waals surface area contributed by atoms with Gasteiger partial charge in [0.1, 0.15) is 11.4 Å². The first-order valence-corrected chi connectivity index (χ1v) is 9.52. The molecule has 1 aromatic heterocycles. The molecule has 0 saturated heterocycles. The van der Waals surface area contributed by atoms with Gasteiger partial charge in [-0.1, -0.05) is 11.8 Å². The Balaban J connectivity index is 1.64. The van der Waals surface area contributed by atoms with Crippen LogP contribution in [-0.4, -0.2) is 33.9 Å². The number of nitrogens with zero attached hydrogens (tertiary/aromatic N) is 3. The van der Waals surface area contributed by atoms with E-state index in [2.05, 4.69) is 15.5 Å².